The van der Waals surface area contributed by atoms with Gasteiger partial charge in [-0.05, 0) is 49.8 Å². The summed E-state index contributed by atoms with van der Waals surface area (Å²) in [5.41, 5.74) is 0.687. The molecule has 0 radical (unpaired) electrons. The zero-order valence-corrected chi connectivity index (χ0v) is 14.5. The fourth-order valence-electron chi connectivity index (χ4n) is 3.70. The van der Waals surface area contributed by atoms with Crippen LogP contribution in [0.5, 0.6) is 0 Å². The first kappa shape index (κ1) is 16.2. The van der Waals surface area contributed by atoms with E-state index in [9.17, 15) is 4.79 Å². The second kappa shape index (κ2) is 6.87. The first-order chi connectivity index (χ1) is 11.1. The van der Waals surface area contributed by atoms with Crippen molar-refractivity contribution in [1.29, 1.82) is 0 Å². The topological polar surface area (TPSA) is 42.5 Å². The number of fused-ring (bicyclic) bond motifs is 1. The van der Waals surface area contributed by atoms with Crippen LogP contribution in [0.3, 0.4) is 0 Å². The minimum atomic E-state index is -0.0371. The van der Waals surface area contributed by atoms with Gasteiger partial charge in [-0.3, -0.25) is 9.30 Å². The second-order valence-corrected chi connectivity index (χ2v) is 7.25. The van der Waals surface area contributed by atoms with Crippen LogP contribution in [0.1, 0.15) is 40.0 Å². The van der Waals surface area contributed by atoms with Crippen molar-refractivity contribution in [3.8, 4) is 0 Å². The van der Waals surface area contributed by atoms with Crippen LogP contribution in [0, 0.1) is 11.8 Å². The van der Waals surface area contributed by atoms with Gasteiger partial charge in [0.1, 0.15) is 0 Å². The molecule has 1 fully saturated rings. The molecule has 5 nitrogen and oxygen atoms in total. The molecular weight excluding hydrogens is 288 g/mol. The van der Waals surface area contributed by atoms with Gasteiger partial charge in [0.2, 0.25) is 0 Å². The van der Waals surface area contributed by atoms with E-state index in [1.807, 2.05) is 18.2 Å². The van der Waals surface area contributed by atoms with Crippen LogP contribution in [-0.2, 0) is 6.54 Å². The monoisotopic (exact) mass is 316 g/mol. The highest BCUT2D eigenvalue weighted by Crippen LogP contribution is 2.25. The summed E-state index contributed by atoms with van der Waals surface area (Å²) in [6.07, 6.45) is 5.61. The predicted molar refractivity (Wildman–Crippen MR) is 92.7 cm³/mol. The van der Waals surface area contributed by atoms with Crippen molar-refractivity contribution in [1.82, 2.24) is 19.1 Å². The summed E-state index contributed by atoms with van der Waals surface area (Å²) in [5.74, 6) is 1.46. The van der Waals surface area contributed by atoms with Crippen LogP contribution >= 0.6 is 0 Å². The van der Waals surface area contributed by atoms with Crippen molar-refractivity contribution in [3.05, 3.63) is 34.9 Å². The lowest BCUT2D eigenvalue weighted by atomic mass is 9.95. The average Bonchev–Trinajstić information content (AvgIpc) is 2.72. The second-order valence-electron chi connectivity index (χ2n) is 7.25. The Morgan fingerprint density at radius 2 is 2.04 bits per heavy atom. The molecule has 2 aromatic heterocycles. The van der Waals surface area contributed by atoms with Gasteiger partial charge >= 0.3 is 5.69 Å². The summed E-state index contributed by atoms with van der Waals surface area (Å²) >= 11 is 0. The maximum Gasteiger partial charge on any atom is 0.350 e. The first-order valence-electron chi connectivity index (χ1n) is 8.84. The molecule has 2 unspecified atom stereocenters. The summed E-state index contributed by atoms with van der Waals surface area (Å²) in [4.78, 5) is 15.0. The smallest absolute Gasteiger partial charge is 0.298 e. The number of aromatic nitrogens is 3. The molecule has 0 aliphatic carbocycles. The van der Waals surface area contributed by atoms with Gasteiger partial charge in [0.05, 0.1) is 6.54 Å². The third kappa shape index (κ3) is 3.50. The Bertz CT molecular complexity index is 702. The molecule has 5 heteroatoms. The van der Waals surface area contributed by atoms with E-state index in [0.717, 1.165) is 24.7 Å². The molecular formula is C18H28N4O. The van der Waals surface area contributed by atoms with Gasteiger partial charge in [-0.15, -0.1) is 5.10 Å². The lowest BCUT2D eigenvalue weighted by molar-refractivity contribution is 0.149. The zero-order chi connectivity index (χ0) is 16.4. The number of pyridine rings is 1. The van der Waals surface area contributed by atoms with Crippen LogP contribution in [0.15, 0.2) is 29.2 Å². The third-order valence-corrected chi connectivity index (χ3v) is 5.19. The Morgan fingerprint density at radius 1 is 1.22 bits per heavy atom. The Morgan fingerprint density at radius 3 is 2.78 bits per heavy atom. The lowest BCUT2D eigenvalue weighted by Gasteiger charge is -2.32. The van der Waals surface area contributed by atoms with Gasteiger partial charge in [-0.2, -0.15) is 0 Å². The average molecular weight is 316 g/mol. The van der Waals surface area contributed by atoms with E-state index in [2.05, 4.69) is 30.8 Å². The lowest BCUT2D eigenvalue weighted by Crippen LogP contribution is -2.41. The summed E-state index contributed by atoms with van der Waals surface area (Å²) in [5, 5.41) is 4.45. The number of hydrogen-bond acceptors (Lipinski definition) is 3. The number of hydrogen-bond donors (Lipinski definition) is 0. The molecule has 0 saturated carbocycles. The number of nitrogens with zero attached hydrogens (tertiary/aromatic N) is 4. The summed E-state index contributed by atoms with van der Waals surface area (Å²) in [6, 6.07) is 6.28. The Balaban J connectivity index is 1.74. The molecule has 0 amide bonds. The van der Waals surface area contributed by atoms with Crippen molar-refractivity contribution < 1.29 is 0 Å². The van der Waals surface area contributed by atoms with E-state index in [4.69, 9.17) is 0 Å². The highest BCUT2D eigenvalue weighted by atomic mass is 16.2. The maximum atomic E-state index is 12.4. The zero-order valence-electron chi connectivity index (χ0n) is 14.5. The molecule has 2 atom stereocenters. The predicted octanol–water partition coefficient (Wildman–Crippen LogP) is 2.64. The SMILES string of the molecule is CC1CCC(C(C)C)N(CCn2nc3ccccn3c2=O)CC1. The van der Waals surface area contributed by atoms with Crippen molar-refractivity contribution in [3.63, 3.8) is 0 Å². The standard InChI is InChI=1S/C18H28N4O/c1-14(2)16-8-7-15(3)9-11-20(16)12-13-22-18(23)21-10-5-4-6-17(21)19-22/h4-6,10,14-16H,7-9,11-13H2,1-3H3. The van der Waals surface area contributed by atoms with Crippen LogP contribution in [0.2, 0.25) is 0 Å². The van der Waals surface area contributed by atoms with Gasteiger partial charge in [0.15, 0.2) is 5.65 Å². The van der Waals surface area contributed by atoms with Crippen LogP contribution in [0.25, 0.3) is 5.65 Å². The molecule has 1 aliphatic rings. The summed E-state index contributed by atoms with van der Waals surface area (Å²) in [6.45, 7) is 9.67. The van der Waals surface area contributed by atoms with Crippen molar-refractivity contribution in [2.24, 2.45) is 11.8 Å². The van der Waals surface area contributed by atoms with Crippen molar-refractivity contribution >= 4 is 5.65 Å². The van der Waals surface area contributed by atoms with E-state index < -0.39 is 0 Å². The molecule has 1 saturated heterocycles. The molecule has 0 N–H and O–H groups in total. The third-order valence-electron chi connectivity index (χ3n) is 5.19. The van der Waals surface area contributed by atoms with E-state index in [1.54, 1.807) is 15.3 Å². The van der Waals surface area contributed by atoms with Crippen LogP contribution < -0.4 is 5.69 Å². The minimum absolute atomic E-state index is 0.0371. The van der Waals surface area contributed by atoms with Crippen molar-refractivity contribution in [2.75, 3.05) is 13.1 Å². The van der Waals surface area contributed by atoms with E-state index in [1.165, 1.54) is 19.3 Å². The van der Waals surface area contributed by atoms with Gasteiger partial charge < -0.3 is 0 Å². The number of likely N-dealkylation sites (tertiary alicyclic amines) is 1. The maximum absolute atomic E-state index is 12.4. The summed E-state index contributed by atoms with van der Waals surface area (Å²) < 4.78 is 3.23. The quantitative estimate of drug-likeness (QED) is 0.871. The highest BCUT2D eigenvalue weighted by molar-refractivity contribution is 5.35. The molecule has 2 aromatic rings. The van der Waals surface area contributed by atoms with E-state index in [-0.39, 0.29) is 5.69 Å². The van der Waals surface area contributed by atoms with Crippen LogP contribution in [-0.4, -0.2) is 38.2 Å². The molecule has 23 heavy (non-hydrogen) atoms. The van der Waals surface area contributed by atoms with Gasteiger partial charge in [0, 0.05) is 18.8 Å². The molecule has 1 aliphatic heterocycles. The normalized spacial score (nSPS) is 23.5. The van der Waals surface area contributed by atoms with Crippen LogP contribution in [0.4, 0.5) is 0 Å². The fourth-order valence-corrected chi connectivity index (χ4v) is 3.70. The Hall–Kier alpha value is -1.62. The fraction of sp³-hybridized carbons (Fsp3) is 0.667. The molecule has 3 heterocycles. The minimum Gasteiger partial charge on any atom is -0.298 e. The summed E-state index contributed by atoms with van der Waals surface area (Å²) in [7, 11) is 0. The van der Waals surface area contributed by atoms with Gasteiger partial charge in [0.25, 0.3) is 0 Å². The van der Waals surface area contributed by atoms with E-state index in [0.29, 0.717) is 18.5 Å². The molecule has 0 aromatic carbocycles. The Kier molecular flexibility index (Phi) is 4.85. The number of rotatable bonds is 4. The molecule has 3 rings (SSSR count). The Labute approximate surface area is 137 Å². The van der Waals surface area contributed by atoms with Crippen molar-refractivity contribution in [2.45, 2.75) is 52.6 Å². The van der Waals surface area contributed by atoms with Gasteiger partial charge in [-0.1, -0.05) is 26.8 Å². The largest absolute Gasteiger partial charge is 0.350 e. The van der Waals surface area contributed by atoms with Gasteiger partial charge in [-0.25, -0.2) is 9.48 Å². The highest BCUT2D eigenvalue weighted by Gasteiger charge is 2.26. The van der Waals surface area contributed by atoms with E-state index >= 15 is 0 Å². The molecule has 0 spiro atoms. The molecule has 0 bridgehead atoms. The molecule has 126 valence electrons. The first-order valence-corrected chi connectivity index (χ1v) is 8.84.